The maximum atomic E-state index is 12.2. The van der Waals surface area contributed by atoms with Crippen LogP contribution in [0.2, 0.25) is 0 Å². The van der Waals surface area contributed by atoms with Crippen molar-refractivity contribution in [2.45, 2.75) is 6.92 Å². The van der Waals surface area contributed by atoms with Gasteiger partial charge < -0.3 is 9.47 Å². The van der Waals surface area contributed by atoms with Gasteiger partial charge in [-0.15, -0.1) is 0 Å². The predicted molar refractivity (Wildman–Crippen MR) is 91.8 cm³/mol. The molecule has 0 bridgehead atoms. The van der Waals surface area contributed by atoms with Crippen LogP contribution in [0.1, 0.15) is 12.5 Å². The molecule has 1 saturated heterocycles. The Labute approximate surface area is 142 Å². The average molecular weight is 354 g/mol. The third-order valence-electron chi connectivity index (χ3n) is 3.21. The number of methoxy groups -OCH3 is 2. The Bertz CT molecular complexity index is 717. The smallest absolute Gasteiger partial charge is 0.280 e. The van der Waals surface area contributed by atoms with E-state index in [9.17, 15) is 14.9 Å². The predicted octanol–water partition coefficient (Wildman–Crippen LogP) is 2.83. The Morgan fingerprint density at radius 1 is 1.35 bits per heavy atom. The summed E-state index contributed by atoms with van der Waals surface area (Å²) in [4.78, 5) is 24.8. The van der Waals surface area contributed by atoms with Gasteiger partial charge in [-0.25, -0.2) is 0 Å². The third kappa shape index (κ3) is 3.30. The number of thiocarbonyl (C=S) groups is 1. The molecule has 7 nitrogen and oxygen atoms in total. The molecule has 0 unspecified atom stereocenters. The fourth-order valence-corrected chi connectivity index (χ4v) is 3.45. The number of carbonyl (C=O) groups excluding carboxylic acids is 1. The number of thioether (sulfide) groups is 1. The van der Waals surface area contributed by atoms with Crippen molar-refractivity contribution >= 4 is 46.0 Å². The lowest BCUT2D eigenvalue weighted by atomic mass is 10.1. The normalized spacial score (nSPS) is 16.1. The van der Waals surface area contributed by atoms with Crippen LogP contribution in [0.4, 0.5) is 5.69 Å². The van der Waals surface area contributed by atoms with E-state index in [1.807, 2.05) is 6.92 Å². The molecular weight excluding hydrogens is 340 g/mol. The minimum atomic E-state index is -0.533. The topological polar surface area (TPSA) is 81.9 Å². The molecule has 1 amide bonds. The van der Waals surface area contributed by atoms with E-state index in [1.165, 1.54) is 37.3 Å². The summed E-state index contributed by atoms with van der Waals surface area (Å²) in [7, 11) is 2.83. The Hall–Kier alpha value is -2.13. The highest BCUT2D eigenvalue weighted by atomic mass is 32.2. The van der Waals surface area contributed by atoms with Gasteiger partial charge in [0.15, 0.2) is 11.5 Å². The van der Waals surface area contributed by atoms with Gasteiger partial charge in [0, 0.05) is 6.54 Å². The van der Waals surface area contributed by atoms with Crippen molar-refractivity contribution < 1.29 is 19.2 Å². The number of amides is 1. The molecule has 9 heteroatoms. The number of nitro groups is 1. The number of rotatable bonds is 5. The van der Waals surface area contributed by atoms with E-state index in [0.29, 0.717) is 21.5 Å². The van der Waals surface area contributed by atoms with E-state index in [0.717, 1.165) is 11.8 Å². The van der Waals surface area contributed by atoms with Gasteiger partial charge in [-0.2, -0.15) is 0 Å². The van der Waals surface area contributed by atoms with Crippen LogP contribution in [0.5, 0.6) is 11.5 Å². The molecule has 0 aliphatic carbocycles. The van der Waals surface area contributed by atoms with Gasteiger partial charge in [-0.3, -0.25) is 19.8 Å². The van der Waals surface area contributed by atoms with E-state index in [1.54, 1.807) is 0 Å². The minimum absolute atomic E-state index is 0.176. The second-order valence-corrected chi connectivity index (χ2v) is 6.12. The second-order valence-electron chi connectivity index (χ2n) is 4.45. The van der Waals surface area contributed by atoms with Crippen molar-refractivity contribution in [1.82, 2.24) is 4.90 Å². The van der Waals surface area contributed by atoms with Gasteiger partial charge in [0.2, 0.25) is 0 Å². The van der Waals surface area contributed by atoms with Gasteiger partial charge in [0.05, 0.1) is 35.7 Å². The van der Waals surface area contributed by atoms with E-state index in [2.05, 4.69) is 0 Å². The summed E-state index contributed by atoms with van der Waals surface area (Å²) < 4.78 is 10.7. The number of likely N-dealkylation sites (N-methyl/N-ethyl adjacent to an activating group) is 1. The van der Waals surface area contributed by atoms with E-state index < -0.39 is 4.92 Å². The quantitative estimate of drug-likeness (QED) is 0.348. The Kier molecular flexibility index (Phi) is 5.22. The van der Waals surface area contributed by atoms with Crippen molar-refractivity contribution in [3.8, 4) is 11.5 Å². The molecular formula is C14H14N2O5S2. The van der Waals surface area contributed by atoms with Gasteiger partial charge in [0.1, 0.15) is 4.32 Å². The van der Waals surface area contributed by atoms with Crippen molar-refractivity contribution in [2.75, 3.05) is 20.8 Å². The summed E-state index contributed by atoms with van der Waals surface area (Å²) in [5.74, 6) is 0.333. The Balaban J connectivity index is 2.55. The van der Waals surface area contributed by atoms with E-state index in [-0.39, 0.29) is 22.9 Å². The first-order valence-corrected chi connectivity index (χ1v) is 7.81. The molecule has 0 atom stereocenters. The summed E-state index contributed by atoms with van der Waals surface area (Å²) in [6.07, 6.45) is 1.45. The van der Waals surface area contributed by atoms with Crippen LogP contribution in [0.25, 0.3) is 6.08 Å². The first-order chi connectivity index (χ1) is 10.9. The molecule has 2 rings (SSSR count). The molecule has 1 aromatic carbocycles. The van der Waals surface area contributed by atoms with Gasteiger partial charge in [0.25, 0.3) is 11.6 Å². The maximum absolute atomic E-state index is 12.2. The van der Waals surface area contributed by atoms with Crippen LogP contribution in [0.15, 0.2) is 17.0 Å². The van der Waals surface area contributed by atoms with Crippen LogP contribution in [-0.4, -0.2) is 40.8 Å². The fourth-order valence-electron chi connectivity index (χ4n) is 2.07. The largest absolute Gasteiger partial charge is 0.493 e. The number of carbonyl (C=O) groups is 1. The lowest BCUT2D eigenvalue weighted by Crippen LogP contribution is -2.27. The number of ether oxygens (including phenoxy) is 2. The number of hydrogen-bond donors (Lipinski definition) is 0. The van der Waals surface area contributed by atoms with Gasteiger partial charge in [-0.05, 0) is 19.1 Å². The van der Waals surface area contributed by atoms with E-state index in [4.69, 9.17) is 21.7 Å². The van der Waals surface area contributed by atoms with Crippen molar-refractivity contribution in [1.29, 1.82) is 0 Å². The van der Waals surface area contributed by atoms with Gasteiger partial charge in [-0.1, -0.05) is 24.0 Å². The summed E-state index contributed by atoms with van der Waals surface area (Å²) >= 11 is 6.25. The van der Waals surface area contributed by atoms with Crippen LogP contribution < -0.4 is 9.47 Å². The molecule has 122 valence electrons. The number of hydrogen-bond acceptors (Lipinski definition) is 7. The number of nitro benzene ring substituents is 1. The van der Waals surface area contributed by atoms with Crippen LogP contribution in [-0.2, 0) is 4.79 Å². The van der Waals surface area contributed by atoms with Crippen LogP contribution in [0, 0.1) is 10.1 Å². The van der Waals surface area contributed by atoms with Crippen LogP contribution in [0.3, 0.4) is 0 Å². The molecule has 0 aromatic heterocycles. The molecule has 1 fully saturated rings. The third-order valence-corrected chi connectivity index (χ3v) is 4.58. The van der Waals surface area contributed by atoms with Crippen molar-refractivity contribution in [3.05, 3.63) is 32.7 Å². The zero-order valence-corrected chi connectivity index (χ0v) is 14.3. The zero-order chi connectivity index (χ0) is 17.1. The van der Waals surface area contributed by atoms with E-state index >= 15 is 0 Å². The first kappa shape index (κ1) is 17.2. The summed E-state index contributed by atoms with van der Waals surface area (Å²) in [5.41, 5.74) is 0.0775. The lowest BCUT2D eigenvalue weighted by molar-refractivity contribution is -0.385. The highest BCUT2D eigenvalue weighted by Crippen LogP contribution is 2.38. The Morgan fingerprint density at radius 2 is 1.96 bits per heavy atom. The summed E-state index contributed by atoms with van der Waals surface area (Å²) in [6.45, 7) is 2.27. The zero-order valence-electron chi connectivity index (χ0n) is 12.7. The van der Waals surface area contributed by atoms with Crippen molar-refractivity contribution in [3.63, 3.8) is 0 Å². The summed E-state index contributed by atoms with van der Waals surface area (Å²) in [6, 6.07) is 2.74. The molecule has 0 N–H and O–H groups in total. The minimum Gasteiger partial charge on any atom is -0.493 e. The Morgan fingerprint density at radius 3 is 2.43 bits per heavy atom. The average Bonchev–Trinajstić information content (AvgIpc) is 2.79. The SMILES string of the molecule is CCN1C(=O)C(=Cc2cc(OC)c(OC)cc2[N+](=O)[O-])SC1=S. The summed E-state index contributed by atoms with van der Waals surface area (Å²) in [5, 5.41) is 11.3. The molecule has 0 saturated carbocycles. The highest BCUT2D eigenvalue weighted by Gasteiger charge is 2.31. The maximum Gasteiger partial charge on any atom is 0.280 e. The number of benzene rings is 1. The van der Waals surface area contributed by atoms with Gasteiger partial charge >= 0.3 is 0 Å². The highest BCUT2D eigenvalue weighted by molar-refractivity contribution is 8.26. The molecule has 0 radical (unpaired) electrons. The molecule has 1 heterocycles. The molecule has 23 heavy (non-hydrogen) atoms. The molecule has 1 aliphatic heterocycles. The fraction of sp³-hybridized carbons (Fsp3) is 0.286. The van der Waals surface area contributed by atoms with Crippen molar-refractivity contribution in [2.24, 2.45) is 0 Å². The number of nitrogens with zero attached hydrogens (tertiary/aromatic N) is 2. The molecule has 0 spiro atoms. The standard InChI is InChI=1S/C14H14N2O5S2/c1-4-15-13(17)12(23-14(15)22)6-8-5-10(20-2)11(21-3)7-9(8)16(18)19/h5-7H,4H2,1-3H3. The molecule has 1 aromatic rings. The lowest BCUT2D eigenvalue weighted by Gasteiger charge is -2.10. The first-order valence-electron chi connectivity index (χ1n) is 6.58. The molecule has 1 aliphatic rings. The second kappa shape index (κ2) is 6.97. The monoisotopic (exact) mass is 354 g/mol. The van der Waals surface area contributed by atoms with Crippen LogP contribution >= 0.6 is 24.0 Å².